The van der Waals surface area contributed by atoms with E-state index in [0.29, 0.717) is 0 Å². The van der Waals surface area contributed by atoms with Gasteiger partial charge in [-0.05, 0) is 6.54 Å². The van der Waals surface area contributed by atoms with Crippen molar-refractivity contribution in [3.05, 3.63) is 0 Å². The molecule has 0 radical (unpaired) electrons. The van der Waals surface area contributed by atoms with E-state index in [9.17, 15) is 0 Å². The molecule has 0 aromatic heterocycles. The van der Waals surface area contributed by atoms with Gasteiger partial charge in [-0.25, -0.2) is 0 Å². The van der Waals surface area contributed by atoms with Crippen molar-refractivity contribution >= 4 is 23.9 Å². The van der Waals surface area contributed by atoms with Crippen molar-refractivity contribution in [3.8, 4) is 0 Å². The highest BCUT2D eigenvalue weighted by atomic mass is 16.4. The van der Waals surface area contributed by atoms with Gasteiger partial charge in [0, 0.05) is 27.7 Å². The molecule has 124 valence electrons. The zero-order chi connectivity index (χ0) is 17.0. The van der Waals surface area contributed by atoms with Crippen LogP contribution in [-0.4, -0.2) is 50.8 Å². The van der Waals surface area contributed by atoms with Gasteiger partial charge in [-0.1, -0.05) is 6.92 Å². The second kappa shape index (κ2) is 36.0. The van der Waals surface area contributed by atoms with Gasteiger partial charge < -0.3 is 32.3 Å². The number of carbonyl (C=O) groups is 4. The Balaban J connectivity index is -0.0000000304. The van der Waals surface area contributed by atoms with Crippen molar-refractivity contribution in [2.45, 2.75) is 34.6 Å². The van der Waals surface area contributed by atoms with Crippen molar-refractivity contribution in [1.29, 1.82) is 0 Å². The monoisotopic (exact) mass is 302 g/mol. The van der Waals surface area contributed by atoms with E-state index >= 15 is 0 Å². The number of hydrogen-bond donors (Lipinski definition) is 6. The van der Waals surface area contributed by atoms with Gasteiger partial charge in [0.1, 0.15) is 0 Å². The first kappa shape index (κ1) is 36.1. The molecule has 0 aliphatic carbocycles. The lowest BCUT2D eigenvalue weighted by atomic mass is 10.8. The molecular formula is C10H26N2O8. The van der Waals surface area contributed by atoms with Crippen LogP contribution in [0.25, 0.3) is 0 Å². The van der Waals surface area contributed by atoms with Gasteiger partial charge in [-0.15, -0.1) is 0 Å². The Morgan fingerprint density at radius 1 is 0.700 bits per heavy atom. The molecule has 0 saturated heterocycles. The van der Waals surface area contributed by atoms with Crippen molar-refractivity contribution in [2.24, 2.45) is 5.73 Å². The van der Waals surface area contributed by atoms with Gasteiger partial charge in [-0.3, -0.25) is 19.2 Å². The van der Waals surface area contributed by atoms with Crippen LogP contribution >= 0.6 is 0 Å². The lowest BCUT2D eigenvalue weighted by molar-refractivity contribution is -0.135. The van der Waals surface area contributed by atoms with Crippen molar-refractivity contribution in [3.63, 3.8) is 0 Å². The van der Waals surface area contributed by atoms with Crippen LogP contribution in [0, 0.1) is 0 Å². The van der Waals surface area contributed by atoms with Crippen molar-refractivity contribution in [1.82, 2.24) is 6.15 Å². The molecule has 0 aliphatic rings. The van der Waals surface area contributed by atoms with Crippen LogP contribution in [0.5, 0.6) is 0 Å². The Morgan fingerprint density at radius 2 is 0.700 bits per heavy atom. The molecule has 0 aromatic rings. The first-order valence-electron chi connectivity index (χ1n) is 4.83. The standard InChI is InChI=1S/C2H7N.4C2H4O2.H3N/c1-2-3;4*1-2(3)4;/h2-3H2,1H3;4*1H3,(H,3,4);1H3. The van der Waals surface area contributed by atoms with Gasteiger partial charge in [-0.2, -0.15) is 0 Å². The van der Waals surface area contributed by atoms with E-state index in [-0.39, 0.29) is 6.15 Å². The number of hydrogen-bond acceptors (Lipinski definition) is 6. The van der Waals surface area contributed by atoms with Crippen LogP contribution in [0.4, 0.5) is 0 Å². The molecule has 9 N–H and O–H groups in total. The molecule has 0 rings (SSSR count). The third-order valence-electron chi connectivity index (χ3n) is 0. The lowest BCUT2D eigenvalue weighted by Crippen LogP contribution is -1.87. The molecule has 0 amide bonds. The summed E-state index contributed by atoms with van der Waals surface area (Å²) in [7, 11) is 0. The van der Waals surface area contributed by atoms with Crippen LogP contribution < -0.4 is 11.9 Å². The van der Waals surface area contributed by atoms with E-state index in [2.05, 4.69) is 0 Å². The number of carboxylic acid groups (broad SMARTS) is 4. The summed E-state index contributed by atoms with van der Waals surface area (Å²) in [4.78, 5) is 36.0. The maximum absolute atomic E-state index is 9.00. The lowest BCUT2D eigenvalue weighted by Gasteiger charge is -1.59. The van der Waals surface area contributed by atoms with Crippen LogP contribution in [0.3, 0.4) is 0 Å². The zero-order valence-electron chi connectivity index (χ0n) is 12.4. The normalized spacial score (nSPS) is 5.90. The summed E-state index contributed by atoms with van der Waals surface area (Å²) in [5.41, 5.74) is 4.85. The minimum Gasteiger partial charge on any atom is -0.481 e. The summed E-state index contributed by atoms with van der Waals surface area (Å²) in [6.07, 6.45) is 0. The SMILES string of the molecule is CC(=O)O.CC(=O)O.CC(=O)O.CC(=O)O.CCN.N. The average Bonchev–Trinajstić information content (AvgIpc) is 1.97. The molecule has 20 heavy (non-hydrogen) atoms. The molecule has 10 nitrogen and oxygen atoms in total. The Bertz CT molecular complexity index is 179. The number of rotatable bonds is 0. The van der Waals surface area contributed by atoms with E-state index in [1.807, 2.05) is 6.92 Å². The maximum Gasteiger partial charge on any atom is 0.300 e. The van der Waals surface area contributed by atoms with E-state index < -0.39 is 23.9 Å². The van der Waals surface area contributed by atoms with Crippen LogP contribution in [0.15, 0.2) is 0 Å². The Morgan fingerprint density at radius 3 is 0.700 bits per heavy atom. The van der Waals surface area contributed by atoms with Crippen molar-refractivity contribution < 1.29 is 39.6 Å². The van der Waals surface area contributed by atoms with E-state index in [0.717, 1.165) is 34.2 Å². The summed E-state index contributed by atoms with van der Waals surface area (Å²) >= 11 is 0. The minimum absolute atomic E-state index is 0. The number of carboxylic acids is 4. The van der Waals surface area contributed by atoms with Crippen molar-refractivity contribution in [2.75, 3.05) is 6.54 Å². The molecule has 0 saturated carbocycles. The van der Waals surface area contributed by atoms with Crippen LogP contribution in [0.2, 0.25) is 0 Å². The van der Waals surface area contributed by atoms with Gasteiger partial charge in [0.25, 0.3) is 23.9 Å². The molecule has 0 heterocycles. The molecule has 0 fully saturated rings. The smallest absolute Gasteiger partial charge is 0.300 e. The van der Waals surface area contributed by atoms with Crippen LogP contribution in [0.1, 0.15) is 34.6 Å². The maximum atomic E-state index is 9.00. The number of aliphatic carboxylic acids is 4. The fraction of sp³-hybridized carbons (Fsp3) is 0.600. The fourth-order valence-electron chi connectivity index (χ4n) is 0. The summed E-state index contributed by atoms with van der Waals surface area (Å²) in [5.74, 6) is -3.33. The summed E-state index contributed by atoms with van der Waals surface area (Å²) < 4.78 is 0. The predicted octanol–water partition coefficient (Wildman–Crippen LogP) is 0.491. The topological polar surface area (TPSA) is 210 Å². The van der Waals surface area contributed by atoms with E-state index in [1.54, 1.807) is 0 Å². The molecule has 0 unspecified atom stereocenters. The van der Waals surface area contributed by atoms with E-state index in [1.165, 1.54) is 0 Å². The Labute approximate surface area is 117 Å². The summed E-state index contributed by atoms with van der Waals surface area (Å²) in [6, 6.07) is 0. The second-order valence-corrected chi connectivity index (χ2v) is 2.48. The van der Waals surface area contributed by atoms with Crippen LogP contribution in [-0.2, 0) is 19.2 Å². The molecule has 10 heteroatoms. The second-order valence-electron chi connectivity index (χ2n) is 2.48. The third-order valence-corrected chi connectivity index (χ3v) is 0. The Kier molecular flexibility index (Phi) is 64.9. The van der Waals surface area contributed by atoms with E-state index in [4.69, 9.17) is 45.3 Å². The van der Waals surface area contributed by atoms with Gasteiger partial charge >= 0.3 is 0 Å². The third kappa shape index (κ3) is 715. The first-order valence-corrected chi connectivity index (χ1v) is 4.83. The molecule has 0 spiro atoms. The molecule has 0 bridgehead atoms. The Hall–Kier alpha value is -2.20. The number of nitrogens with two attached hydrogens (primary N) is 1. The molecule has 0 aliphatic heterocycles. The minimum atomic E-state index is -0.833. The average molecular weight is 302 g/mol. The van der Waals surface area contributed by atoms with Gasteiger partial charge in [0.2, 0.25) is 0 Å². The quantitative estimate of drug-likeness (QED) is 0.364. The summed E-state index contributed by atoms with van der Waals surface area (Å²) in [5, 5.41) is 29.7. The molecular weight excluding hydrogens is 276 g/mol. The highest BCUT2D eigenvalue weighted by molar-refractivity contribution is 5.63. The molecule has 0 aromatic carbocycles. The van der Waals surface area contributed by atoms with Gasteiger partial charge in [0.15, 0.2) is 0 Å². The summed E-state index contributed by atoms with van der Waals surface area (Å²) in [6.45, 7) is 6.99. The van der Waals surface area contributed by atoms with Gasteiger partial charge in [0.05, 0.1) is 0 Å². The zero-order valence-corrected chi connectivity index (χ0v) is 12.4. The largest absolute Gasteiger partial charge is 0.481 e. The highest BCUT2D eigenvalue weighted by Gasteiger charge is 1.66. The first-order chi connectivity index (χ1) is 8.34. The fourth-order valence-corrected chi connectivity index (χ4v) is 0. The highest BCUT2D eigenvalue weighted by Crippen LogP contribution is 1.43. The predicted molar refractivity (Wildman–Crippen MR) is 73.0 cm³/mol. The molecule has 0 atom stereocenters.